The molecule has 0 bridgehead atoms. The van der Waals surface area contributed by atoms with Crippen LogP contribution in [0.2, 0.25) is 0 Å². The van der Waals surface area contributed by atoms with E-state index >= 15 is 0 Å². The second-order valence-corrected chi connectivity index (χ2v) is 10.8. The molecule has 1 aliphatic heterocycles. The lowest BCUT2D eigenvalue weighted by Crippen LogP contribution is -2.48. The maximum absolute atomic E-state index is 13.5. The molecule has 1 aliphatic carbocycles. The average Bonchev–Trinajstić information content (AvgIpc) is 3.04. The van der Waals surface area contributed by atoms with E-state index in [9.17, 15) is 18.0 Å². The number of ether oxygens (including phenoxy) is 1. The summed E-state index contributed by atoms with van der Waals surface area (Å²) in [4.78, 5) is 28.3. The lowest BCUT2D eigenvalue weighted by molar-refractivity contribution is -0.127. The molecule has 1 aromatic heterocycles. The largest absolute Gasteiger partial charge is 0.462 e. The zero-order valence-electron chi connectivity index (χ0n) is 19.0. The quantitative estimate of drug-likeness (QED) is 0.644. The highest BCUT2D eigenvalue weighted by Crippen LogP contribution is 2.31. The molecular weight excluding hydrogens is 418 g/mol. The van der Waals surface area contributed by atoms with Gasteiger partial charge in [0.2, 0.25) is 15.9 Å². The van der Waals surface area contributed by atoms with Gasteiger partial charge in [-0.2, -0.15) is 4.31 Å². The van der Waals surface area contributed by atoms with Crippen molar-refractivity contribution in [2.45, 2.75) is 77.2 Å². The number of amides is 1. The molecule has 174 valence electrons. The van der Waals surface area contributed by atoms with Gasteiger partial charge < -0.3 is 15.0 Å². The number of aromatic amines is 1. The summed E-state index contributed by atoms with van der Waals surface area (Å²) in [5.41, 5.74) is 0.929. The normalized spacial score (nSPS) is 25.2. The van der Waals surface area contributed by atoms with Gasteiger partial charge in [-0.05, 0) is 65.2 Å². The highest BCUT2D eigenvalue weighted by Gasteiger charge is 2.38. The summed E-state index contributed by atoms with van der Waals surface area (Å²) < 4.78 is 33.5. The summed E-state index contributed by atoms with van der Waals surface area (Å²) in [5, 5.41) is 3.14. The number of piperidine rings is 1. The van der Waals surface area contributed by atoms with Crippen molar-refractivity contribution in [2.24, 2.45) is 11.8 Å². The molecule has 0 radical (unpaired) electrons. The van der Waals surface area contributed by atoms with Crippen molar-refractivity contribution in [3.05, 3.63) is 17.0 Å². The Balaban J connectivity index is 1.77. The van der Waals surface area contributed by atoms with E-state index in [0.29, 0.717) is 36.7 Å². The molecule has 0 unspecified atom stereocenters. The molecule has 0 aromatic carbocycles. The second-order valence-electron chi connectivity index (χ2n) is 8.97. The molecule has 3 rings (SSSR count). The first-order valence-corrected chi connectivity index (χ1v) is 12.8. The second kappa shape index (κ2) is 9.73. The maximum atomic E-state index is 13.5. The van der Waals surface area contributed by atoms with Crippen LogP contribution in [0.15, 0.2) is 4.90 Å². The zero-order valence-corrected chi connectivity index (χ0v) is 19.8. The van der Waals surface area contributed by atoms with Gasteiger partial charge in [-0.3, -0.25) is 4.79 Å². The Morgan fingerprint density at radius 2 is 1.81 bits per heavy atom. The number of H-pyrrole nitrogens is 1. The van der Waals surface area contributed by atoms with Gasteiger partial charge in [0.15, 0.2) is 0 Å². The average molecular weight is 454 g/mol. The van der Waals surface area contributed by atoms with Gasteiger partial charge in [0, 0.05) is 30.5 Å². The molecule has 1 amide bonds. The lowest BCUT2D eigenvalue weighted by Gasteiger charge is -2.33. The van der Waals surface area contributed by atoms with Crippen molar-refractivity contribution >= 4 is 21.9 Å². The molecule has 31 heavy (non-hydrogen) atoms. The van der Waals surface area contributed by atoms with Crippen LogP contribution >= 0.6 is 0 Å². The number of aromatic nitrogens is 1. The van der Waals surface area contributed by atoms with Crippen LogP contribution in [0.5, 0.6) is 0 Å². The van der Waals surface area contributed by atoms with Gasteiger partial charge in [0.1, 0.15) is 10.5 Å². The maximum Gasteiger partial charge on any atom is 0.341 e. The number of nitrogens with zero attached hydrogens (tertiary/aromatic N) is 1. The Morgan fingerprint density at radius 1 is 1.13 bits per heavy atom. The van der Waals surface area contributed by atoms with E-state index in [2.05, 4.69) is 17.2 Å². The predicted molar refractivity (Wildman–Crippen MR) is 117 cm³/mol. The molecule has 2 heterocycles. The van der Waals surface area contributed by atoms with E-state index in [1.807, 2.05) is 0 Å². The highest BCUT2D eigenvalue weighted by molar-refractivity contribution is 7.89. The fourth-order valence-corrected chi connectivity index (χ4v) is 6.69. The number of hydrogen-bond donors (Lipinski definition) is 2. The Labute approximate surface area is 185 Å². The van der Waals surface area contributed by atoms with Crippen LogP contribution in [0.3, 0.4) is 0 Å². The van der Waals surface area contributed by atoms with E-state index in [-0.39, 0.29) is 41.5 Å². The minimum absolute atomic E-state index is 0.0363. The van der Waals surface area contributed by atoms with Gasteiger partial charge >= 0.3 is 5.97 Å². The Hall–Kier alpha value is -1.87. The van der Waals surface area contributed by atoms with E-state index in [4.69, 9.17) is 4.74 Å². The molecular formula is C22H35N3O5S. The number of carbonyl (C=O) groups excluding carboxylic acids is 2. The van der Waals surface area contributed by atoms with E-state index in [0.717, 1.165) is 25.7 Å². The van der Waals surface area contributed by atoms with E-state index < -0.39 is 16.0 Å². The van der Waals surface area contributed by atoms with Crippen LogP contribution in [0, 0.1) is 25.7 Å². The number of carbonyl (C=O) groups is 2. The summed E-state index contributed by atoms with van der Waals surface area (Å²) >= 11 is 0. The standard InChI is InChI=1S/C22H35N3O5S/c1-5-30-22(27)19-15(3)23-16(4)20(19)31(28,29)25-12-6-7-17(13-25)21(26)24-18-10-8-14(2)9-11-18/h14,17-18,23H,5-13H2,1-4H3,(H,24,26)/t14?,17-,18?/m1/s1. The molecule has 2 aliphatic rings. The molecule has 2 N–H and O–H groups in total. The summed E-state index contributed by atoms with van der Waals surface area (Å²) in [7, 11) is -3.95. The van der Waals surface area contributed by atoms with Gasteiger partial charge in [-0.25, -0.2) is 13.2 Å². The van der Waals surface area contributed by atoms with Crippen LogP contribution in [0.25, 0.3) is 0 Å². The van der Waals surface area contributed by atoms with Crippen molar-refractivity contribution in [3.8, 4) is 0 Å². The van der Waals surface area contributed by atoms with E-state index in [1.165, 1.54) is 4.31 Å². The third kappa shape index (κ3) is 5.14. The molecule has 8 nitrogen and oxygen atoms in total. The number of esters is 1. The number of hydrogen-bond acceptors (Lipinski definition) is 5. The molecule has 1 atom stereocenters. The first-order chi connectivity index (χ1) is 14.6. The van der Waals surface area contributed by atoms with Crippen molar-refractivity contribution in [1.82, 2.24) is 14.6 Å². The summed E-state index contributed by atoms with van der Waals surface area (Å²) in [6.07, 6.45) is 5.45. The van der Waals surface area contributed by atoms with Gasteiger partial charge in [-0.1, -0.05) is 6.92 Å². The van der Waals surface area contributed by atoms with Gasteiger partial charge in [-0.15, -0.1) is 0 Å². The summed E-state index contributed by atoms with van der Waals surface area (Å²) in [6, 6.07) is 0.181. The van der Waals surface area contributed by atoms with Crippen molar-refractivity contribution in [2.75, 3.05) is 19.7 Å². The number of sulfonamides is 1. The van der Waals surface area contributed by atoms with Crippen LogP contribution in [0.1, 0.15) is 74.1 Å². The Kier molecular flexibility index (Phi) is 7.47. The van der Waals surface area contributed by atoms with Crippen LogP contribution in [-0.4, -0.2) is 55.3 Å². The monoisotopic (exact) mass is 453 g/mol. The SMILES string of the molecule is CCOC(=O)c1c(C)[nH]c(C)c1S(=O)(=O)N1CCC[C@@H](C(=O)NC2CCC(C)CC2)C1. The first-order valence-electron chi connectivity index (χ1n) is 11.3. The highest BCUT2D eigenvalue weighted by atomic mass is 32.2. The Morgan fingerprint density at radius 3 is 2.45 bits per heavy atom. The molecule has 0 spiro atoms. The van der Waals surface area contributed by atoms with E-state index in [1.54, 1.807) is 20.8 Å². The third-order valence-electron chi connectivity index (χ3n) is 6.51. The Bertz CT molecular complexity index is 916. The molecule has 1 saturated heterocycles. The zero-order chi connectivity index (χ0) is 22.8. The molecule has 9 heteroatoms. The van der Waals surface area contributed by atoms with Crippen LogP contribution < -0.4 is 5.32 Å². The van der Waals surface area contributed by atoms with Crippen molar-refractivity contribution in [1.29, 1.82) is 0 Å². The minimum atomic E-state index is -3.95. The van der Waals surface area contributed by atoms with Crippen LogP contribution in [-0.2, 0) is 19.6 Å². The summed E-state index contributed by atoms with van der Waals surface area (Å²) in [5.74, 6) is -0.396. The fraction of sp³-hybridized carbons (Fsp3) is 0.727. The van der Waals surface area contributed by atoms with Gasteiger partial charge in [0.25, 0.3) is 0 Å². The molecule has 1 aromatic rings. The fourth-order valence-electron chi connectivity index (χ4n) is 4.76. The predicted octanol–water partition coefficient (Wildman–Crippen LogP) is 2.90. The summed E-state index contributed by atoms with van der Waals surface area (Å²) in [6.45, 7) is 7.84. The minimum Gasteiger partial charge on any atom is -0.462 e. The molecule has 1 saturated carbocycles. The van der Waals surface area contributed by atoms with Gasteiger partial charge in [0.05, 0.1) is 12.5 Å². The first kappa shape index (κ1) is 23.8. The topological polar surface area (TPSA) is 109 Å². The number of rotatable bonds is 6. The molecule has 2 fully saturated rings. The smallest absolute Gasteiger partial charge is 0.341 e. The van der Waals surface area contributed by atoms with Crippen molar-refractivity contribution in [3.63, 3.8) is 0 Å². The van der Waals surface area contributed by atoms with Crippen molar-refractivity contribution < 1.29 is 22.7 Å². The third-order valence-corrected chi connectivity index (χ3v) is 8.55. The number of aryl methyl sites for hydroxylation is 2. The number of nitrogens with one attached hydrogen (secondary N) is 2. The van der Waals surface area contributed by atoms with Crippen LogP contribution in [0.4, 0.5) is 0 Å². The lowest BCUT2D eigenvalue weighted by atomic mass is 9.87.